The molecular weight excluding hydrogens is 158 g/mol. The molecule has 1 aromatic heterocycles. The summed E-state index contributed by atoms with van der Waals surface area (Å²) in [6.45, 7) is 2.08. The van der Waals surface area contributed by atoms with Crippen LogP contribution in [0.25, 0.3) is 0 Å². The van der Waals surface area contributed by atoms with E-state index in [0.29, 0.717) is 0 Å². The van der Waals surface area contributed by atoms with E-state index in [1.807, 2.05) is 11.4 Å². The van der Waals surface area contributed by atoms with E-state index in [4.69, 9.17) is 11.5 Å². The van der Waals surface area contributed by atoms with Crippen LogP contribution in [0.3, 0.4) is 0 Å². The summed E-state index contributed by atoms with van der Waals surface area (Å²) in [4.78, 5) is 5.19. The number of hydrogen-bond acceptors (Lipinski definition) is 2. The molecule has 0 saturated carbocycles. The van der Waals surface area contributed by atoms with Crippen molar-refractivity contribution in [2.45, 2.75) is 13.3 Å². The average molecular weight is 169 g/mol. The van der Waals surface area contributed by atoms with Crippen LogP contribution in [0.15, 0.2) is 16.4 Å². The Kier molecular flexibility index (Phi) is 2.48. The van der Waals surface area contributed by atoms with Gasteiger partial charge in [0.1, 0.15) is 0 Å². The monoisotopic (exact) mass is 169 g/mol. The highest BCUT2D eigenvalue weighted by Gasteiger charge is 1.99. The summed E-state index contributed by atoms with van der Waals surface area (Å²) in [7, 11) is 0. The van der Waals surface area contributed by atoms with E-state index in [0.717, 1.165) is 12.1 Å². The smallest absolute Gasteiger partial charge is 0.191 e. The SMILES string of the molecule is CCc1sccc1N=C(N)N. The predicted molar refractivity (Wildman–Crippen MR) is 49.2 cm³/mol. The molecule has 0 radical (unpaired) electrons. The Morgan fingerprint density at radius 1 is 1.64 bits per heavy atom. The van der Waals surface area contributed by atoms with E-state index in [9.17, 15) is 0 Å². The van der Waals surface area contributed by atoms with Gasteiger partial charge in [0.05, 0.1) is 5.69 Å². The molecule has 60 valence electrons. The first-order valence-electron chi connectivity index (χ1n) is 3.40. The van der Waals surface area contributed by atoms with E-state index in [-0.39, 0.29) is 5.96 Å². The molecule has 0 atom stereocenters. The normalized spacial score (nSPS) is 9.55. The van der Waals surface area contributed by atoms with Crippen molar-refractivity contribution in [3.63, 3.8) is 0 Å². The Morgan fingerprint density at radius 3 is 2.91 bits per heavy atom. The molecule has 4 heteroatoms. The molecule has 0 fully saturated rings. The predicted octanol–water partition coefficient (Wildman–Crippen LogP) is 1.22. The standard InChI is InChI=1S/C7H11N3S/c1-2-6-5(3-4-11-6)10-7(8)9/h3-4H,2H2,1H3,(H4,8,9,10). The maximum Gasteiger partial charge on any atom is 0.191 e. The first-order chi connectivity index (χ1) is 5.24. The maximum absolute atomic E-state index is 5.24. The van der Waals surface area contributed by atoms with Gasteiger partial charge in [-0.25, -0.2) is 4.99 Å². The Hall–Kier alpha value is -1.03. The quantitative estimate of drug-likeness (QED) is 0.516. The van der Waals surface area contributed by atoms with Crippen LogP contribution in [0.5, 0.6) is 0 Å². The van der Waals surface area contributed by atoms with Gasteiger partial charge < -0.3 is 11.5 Å². The molecule has 4 N–H and O–H groups in total. The summed E-state index contributed by atoms with van der Waals surface area (Å²) >= 11 is 1.67. The number of aryl methyl sites for hydroxylation is 1. The largest absolute Gasteiger partial charge is 0.370 e. The molecule has 0 spiro atoms. The van der Waals surface area contributed by atoms with Gasteiger partial charge in [-0.15, -0.1) is 11.3 Å². The summed E-state index contributed by atoms with van der Waals surface area (Å²) in [5, 5.41) is 1.99. The molecule has 1 heterocycles. The lowest BCUT2D eigenvalue weighted by Gasteiger charge is -1.93. The molecule has 0 aromatic carbocycles. The molecule has 0 unspecified atom stereocenters. The summed E-state index contributed by atoms with van der Waals surface area (Å²) in [5.41, 5.74) is 11.4. The molecule has 11 heavy (non-hydrogen) atoms. The minimum absolute atomic E-state index is 0.123. The molecule has 0 aliphatic rings. The summed E-state index contributed by atoms with van der Waals surface area (Å²) < 4.78 is 0. The number of rotatable bonds is 2. The van der Waals surface area contributed by atoms with Gasteiger partial charge >= 0.3 is 0 Å². The summed E-state index contributed by atoms with van der Waals surface area (Å²) in [5.74, 6) is 0.123. The van der Waals surface area contributed by atoms with Crippen molar-refractivity contribution in [1.29, 1.82) is 0 Å². The van der Waals surface area contributed by atoms with E-state index in [1.54, 1.807) is 11.3 Å². The van der Waals surface area contributed by atoms with Gasteiger partial charge in [-0.1, -0.05) is 6.92 Å². The Labute approximate surface area is 69.7 Å². The van der Waals surface area contributed by atoms with Crippen LogP contribution in [-0.2, 0) is 6.42 Å². The van der Waals surface area contributed by atoms with Crippen molar-refractivity contribution < 1.29 is 0 Å². The van der Waals surface area contributed by atoms with Crippen molar-refractivity contribution in [1.82, 2.24) is 0 Å². The van der Waals surface area contributed by atoms with Gasteiger partial charge in [-0.3, -0.25) is 0 Å². The minimum atomic E-state index is 0.123. The molecule has 1 aromatic rings. The molecule has 0 bridgehead atoms. The topological polar surface area (TPSA) is 64.4 Å². The van der Waals surface area contributed by atoms with E-state index in [1.165, 1.54) is 4.88 Å². The fourth-order valence-corrected chi connectivity index (χ4v) is 1.60. The van der Waals surface area contributed by atoms with Crippen molar-refractivity contribution >= 4 is 23.0 Å². The maximum atomic E-state index is 5.24. The lowest BCUT2D eigenvalue weighted by Crippen LogP contribution is -2.21. The number of nitrogens with two attached hydrogens (primary N) is 2. The van der Waals surface area contributed by atoms with Gasteiger partial charge in [-0.05, 0) is 17.9 Å². The van der Waals surface area contributed by atoms with Crippen molar-refractivity contribution in [3.8, 4) is 0 Å². The highest BCUT2D eigenvalue weighted by molar-refractivity contribution is 7.10. The third-order valence-corrected chi connectivity index (χ3v) is 2.35. The lowest BCUT2D eigenvalue weighted by atomic mass is 10.3. The zero-order valence-electron chi connectivity index (χ0n) is 6.37. The fourth-order valence-electron chi connectivity index (χ4n) is 0.837. The number of guanidine groups is 1. The van der Waals surface area contributed by atoms with Crippen LogP contribution in [0.1, 0.15) is 11.8 Å². The van der Waals surface area contributed by atoms with E-state index >= 15 is 0 Å². The molecule has 0 aliphatic heterocycles. The first kappa shape index (κ1) is 8.07. The minimum Gasteiger partial charge on any atom is -0.370 e. The summed E-state index contributed by atoms with van der Waals surface area (Å²) in [6, 6.07) is 1.92. The van der Waals surface area contributed by atoms with Crippen molar-refractivity contribution in [2.24, 2.45) is 16.5 Å². The molecule has 0 amide bonds. The second kappa shape index (κ2) is 3.39. The van der Waals surface area contributed by atoms with Crippen LogP contribution in [0, 0.1) is 0 Å². The summed E-state index contributed by atoms with van der Waals surface area (Å²) in [6.07, 6.45) is 0.976. The van der Waals surface area contributed by atoms with Crippen LogP contribution in [0.4, 0.5) is 5.69 Å². The zero-order chi connectivity index (χ0) is 8.27. The third-order valence-electron chi connectivity index (χ3n) is 1.29. The molecule has 1 rings (SSSR count). The number of hydrogen-bond donors (Lipinski definition) is 2. The Bertz CT molecular complexity index is 260. The zero-order valence-corrected chi connectivity index (χ0v) is 7.19. The van der Waals surface area contributed by atoms with Crippen molar-refractivity contribution in [3.05, 3.63) is 16.3 Å². The molecule has 3 nitrogen and oxygen atoms in total. The van der Waals surface area contributed by atoms with Crippen LogP contribution in [0.2, 0.25) is 0 Å². The average Bonchev–Trinajstić information content (AvgIpc) is 2.34. The molecule has 0 saturated heterocycles. The Morgan fingerprint density at radius 2 is 2.36 bits per heavy atom. The second-order valence-corrected chi connectivity index (χ2v) is 3.12. The lowest BCUT2D eigenvalue weighted by molar-refractivity contribution is 1.18. The van der Waals surface area contributed by atoms with Gasteiger partial charge in [0.2, 0.25) is 0 Å². The van der Waals surface area contributed by atoms with Gasteiger partial charge in [0, 0.05) is 4.88 Å². The van der Waals surface area contributed by atoms with Crippen molar-refractivity contribution in [2.75, 3.05) is 0 Å². The molecule has 0 aliphatic carbocycles. The van der Waals surface area contributed by atoms with Gasteiger partial charge in [0.25, 0.3) is 0 Å². The van der Waals surface area contributed by atoms with E-state index in [2.05, 4.69) is 11.9 Å². The second-order valence-electron chi connectivity index (χ2n) is 2.12. The highest BCUT2D eigenvalue weighted by Crippen LogP contribution is 2.24. The fraction of sp³-hybridized carbons (Fsp3) is 0.286. The number of nitrogens with zero attached hydrogens (tertiary/aromatic N) is 1. The van der Waals surface area contributed by atoms with Crippen LogP contribution in [-0.4, -0.2) is 5.96 Å². The van der Waals surface area contributed by atoms with Gasteiger partial charge in [-0.2, -0.15) is 0 Å². The van der Waals surface area contributed by atoms with Gasteiger partial charge in [0.15, 0.2) is 5.96 Å². The first-order valence-corrected chi connectivity index (χ1v) is 4.28. The number of aliphatic imine (C=N–C) groups is 1. The van der Waals surface area contributed by atoms with Crippen LogP contribution >= 0.6 is 11.3 Å². The van der Waals surface area contributed by atoms with Crippen LogP contribution < -0.4 is 11.5 Å². The number of thiophene rings is 1. The molecular formula is C7H11N3S. The van der Waals surface area contributed by atoms with E-state index < -0.39 is 0 Å². The Balaban J connectivity index is 2.93. The highest BCUT2D eigenvalue weighted by atomic mass is 32.1. The third kappa shape index (κ3) is 1.94.